The third-order valence-electron chi connectivity index (χ3n) is 2.61. The molecule has 1 aromatic carbocycles. The summed E-state index contributed by atoms with van der Waals surface area (Å²) in [6.07, 6.45) is -0.384. The molecule has 1 unspecified atom stereocenters. The van der Waals surface area contributed by atoms with Gasteiger partial charge in [-0.05, 0) is 19.1 Å². The van der Waals surface area contributed by atoms with Crippen molar-refractivity contribution < 1.29 is 33.5 Å². The highest BCUT2D eigenvalue weighted by Crippen LogP contribution is 2.39. The lowest BCUT2D eigenvalue weighted by atomic mass is 10.1. The highest BCUT2D eigenvalue weighted by molar-refractivity contribution is 5.93. The van der Waals surface area contributed by atoms with E-state index in [-0.39, 0.29) is 17.4 Å². The van der Waals surface area contributed by atoms with Crippen molar-refractivity contribution in [1.82, 2.24) is 0 Å². The number of hydrogen-bond acceptors (Lipinski definition) is 7. The molecule has 21 heavy (non-hydrogen) atoms. The predicted octanol–water partition coefficient (Wildman–Crippen LogP) is 1.84. The molecule has 1 atom stereocenters. The van der Waals surface area contributed by atoms with E-state index in [4.69, 9.17) is 28.7 Å². The molecule has 0 aliphatic heterocycles. The first kappa shape index (κ1) is 17.1. The maximum Gasteiger partial charge on any atom is 0.376 e. The lowest BCUT2D eigenvalue weighted by Crippen LogP contribution is -2.18. The smallest absolute Gasteiger partial charge is 0.376 e. The van der Waals surface area contributed by atoms with Crippen LogP contribution in [0.25, 0.3) is 0 Å². The average Bonchev–Trinajstić information content (AvgIpc) is 2.51. The van der Waals surface area contributed by atoms with Crippen LogP contribution in [0.15, 0.2) is 12.1 Å². The predicted molar refractivity (Wildman–Crippen MR) is 73.9 cm³/mol. The molecule has 1 aromatic rings. The van der Waals surface area contributed by atoms with Gasteiger partial charge in [-0.2, -0.15) is 4.89 Å². The Morgan fingerprint density at radius 3 is 2.24 bits per heavy atom. The highest BCUT2D eigenvalue weighted by atomic mass is 17.2. The van der Waals surface area contributed by atoms with Gasteiger partial charge in [0.05, 0.1) is 27.9 Å². The first-order chi connectivity index (χ1) is 10.1. The van der Waals surface area contributed by atoms with Crippen molar-refractivity contribution in [3.05, 3.63) is 17.7 Å². The maximum atomic E-state index is 12.0. The van der Waals surface area contributed by atoms with Gasteiger partial charge in [-0.25, -0.2) is 4.79 Å². The molecule has 0 fully saturated rings. The minimum Gasteiger partial charge on any atom is -0.493 e. The second-order valence-electron chi connectivity index (χ2n) is 4.11. The summed E-state index contributed by atoms with van der Waals surface area (Å²) >= 11 is 0. The van der Waals surface area contributed by atoms with E-state index >= 15 is 0 Å². The molecule has 0 saturated carbocycles. The summed E-state index contributed by atoms with van der Waals surface area (Å²) in [6, 6.07) is 3.09. The number of hydrogen-bond donors (Lipinski definition) is 0. The summed E-state index contributed by atoms with van der Waals surface area (Å²) in [5, 5.41) is 0. The first-order valence-electron chi connectivity index (χ1n) is 6.24. The van der Waals surface area contributed by atoms with Crippen LogP contribution in [0.2, 0.25) is 0 Å². The van der Waals surface area contributed by atoms with Crippen molar-refractivity contribution in [3.63, 3.8) is 0 Å². The number of ether oxygens (including phenoxy) is 4. The topological polar surface area (TPSA) is 72.5 Å². The van der Waals surface area contributed by atoms with E-state index < -0.39 is 5.97 Å². The van der Waals surface area contributed by atoms with E-state index in [0.717, 1.165) is 0 Å². The van der Waals surface area contributed by atoms with Crippen LogP contribution < -0.4 is 14.2 Å². The second kappa shape index (κ2) is 8.33. The van der Waals surface area contributed by atoms with Gasteiger partial charge < -0.3 is 18.9 Å². The molecule has 0 heterocycles. The van der Waals surface area contributed by atoms with Gasteiger partial charge in [0.15, 0.2) is 11.5 Å². The van der Waals surface area contributed by atoms with Crippen LogP contribution in [0, 0.1) is 0 Å². The highest BCUT2D eigenvalue weighted by Gasteiger charge is 2.23. The van der Waals surface area contributed by atoms with Gasteiger partial charge in [0, 0.05) is 7.11 Å². The molecule has 1 rings (SSSR count). The number of carbonyl (C=O) groups excluding carboxylic acids is 1. The van der Waals surface area contributed by atoms with E-state index in [1.54, 1.807) is 13.0 Å². The van der Waals surface area contributed by atoms with Crippen molar-refractivity contribution in [1.29, 1.82) is 0 Å². The van der Waals surface area contributed by atoms with Crippen LogP contribution in [0.5, 0.6) is 17.2 Å². The van der Waals surface area contributed by atoms with Crippen LogP contribution in [-0.2, 0) is 14.5 Å². The average molecular weight is 300 g/mol. The Labute approximate surface area is 123 Å². The molecule has 0 radical (unpaired) electrons. The van der Waals surface area contributed by atoms with E-state index in [9.17, 15) is 4.79 Å². The second-order valence-corrected chi connectivity index (χ2v) is 4.11. The van der Waals surface area contributed by atoms with Crippen molar-refractivity contribution >= 4 is 5.97 Å². The fourth-order valence-corrected chi connectivity index (χ4v) is 1.70. The van der Waals surface area contributed by atoms with Crippen molar-refractivity contribution in [2.24, 2.45) is 0 Å². The number of rotatable bonds is 8. The van der Waals surface area contributed by atoms with Gasteiger partial charge in [-0.1, -0.05) is 0 Å². The molecule has 0 N–H and O–H groups in total. The normalized spacial score (nSPS) is 11.7. The van der Waals surface area contributed by atoms with Gasteiger partial charge in [0.1, 0.15) is 11.7 Å². The van der Waals surface area contributed by atoms with Gasteiger partial charge in [-0.3, -0.25) is 4.89 Å². The Bertz CT molecular complexity index is 473. The molecule has 0 saturated heterocycles. The molecular weight excluding hydrogens is 280 g/mol. The van der Waals surface area contributed by atoms with Crippen molar-refractivity contribution in [2.75, 3.05) is 35.0 Å². The summed E-state index contributed by atoms with van der Waals surface area (Å²) in [7, 11) is 5.89. The third-order valence-corrected chi connectivity index (χ3v) is 2.61. The summed E-state index contributed by atoms with van der Waals surface area (Å²) in [4.78, 5) is 21.7. The number of benzene rings is 1. The Hall–Kier alpha value is -1.99. The van der Waals surface area contributed by atoms with Crippen molar-refractivity contribution in [2.45, 2.75) is 13.0 Å². The SMILES string of the molecule is COCC(C)OOC(=O)c1ccc(OC)c(OC)c1OC. The lowest BCUT2D eigenvalue weighted by Gasteiger charge is -2.15. The molecule has 7 nitrogen and oxygen atoms in total. The monoisotopic (exact) mass is 300 g/mol. The van der Waals surface area contributed by atoms with Gasteiger partial charge in [0.2, 0.25) is 5.75 Å². The zero-order valence-corrected chi connectivity index (χ0v) is 12.8. The molecule has 0 spiro atoms. The zero-order valence-electron chi connectivity index (χ0n) is 12.8. The van der Waals surface area contributed by atoms with E-state index in [2.05, 4.69) is 0 Å². The largest absolute Gasteiger partial charge is 0.493 e. The van der Waals surface area contributed by atoms with Crippen LogP contribution in [0.1, 0.15) is 17.3 Å². The van der Waals surface area contributed by atoms with Gasteiger partial charge in [-0.15, -0.1) is 0 Å². The van der Waals surface area contributed by atoms with Crippen LogP contribution >= 0.6 is 0 Å². The number of methoxy groups -OCH3 is 4. The van der Waals surface area contributed by atoms with E-state index in [1.165, 1.54) is 34.5 Å². The quantitative estimate of drug-likeness (QED) is 0.535. The van der Waals surface area contributed by atoms with Gasteiger partial charge >= 0.3 is 5.97 Å². The standard InChI is InChI=1S/C14H20O7/c1-9(8-16-2)20-21-14(15)10-6-7-11(17-3)13(19-5)12(10)18-4/h6-7,9H,8H2,1-5H3. The molecule has 0 bridgehead atoms. The first-order valence-corrected chi connectivity index (χ1v) is 6.24. The Morgan fingerprint density at radius 1 is 1.05 bits per heavy atom. The van der Waals surface area contributed by atoms with Crippen LogP contribution in [0.3, 0.4) is 0 Å². The summed E-state index contributed by atoms with van der Waals surface area (Å²) in [5.41, 5.74) is 0.166. The molecule has 0 aromatic heterocycles. The Kier molecular flexibility index (Phi) is 6.77. The number of carbonyl (C=O) groups is 1. The van der Waals surface area contributed by atoms with Crippen LogP contribution in [-0.4, -0.2) is 47.1 Å². The molecular formula is C14H20O7. The fourth-order valence-electron chi connectivity index (χ4n) is 1.70. The van der Waals surface area contributed by atoms with Crippen LogP contribution in [0.4, 0.5) is 0 Å². The summed E-state index contributed by atoms with van der Waals surface area (Å²) in [6.45, 7) is 2.01. The molecule has 0 aliphatic rings. The third kappa shape index (κ3) is 4.24. The molecule has 7 heteroatoms. The molecule has 118 valence electrons. The van der Waals surface area contributed by atoms with E-state index in [0.29, 0.717) is 18.1 Å². The van der Waals surface area contributed by atoms with Crippen molar-refractivity contribution in [3.8, 4) is 17.2 Å². The zero-order chi connectivity index (χ0) is 15.8. The summed E-state index contributed by atoms with van der Waals surface area (Å²) < 4.78 is 20.4. The lowest BCUT2D eigenvalue weighted by molar-refractivity contribution is -0.276. The van der Waals surface area contributed by atoms with E-state index in [1.807, 2.05) is 0 Å². The Morgan fingerprint density at radius 2 is 1.71 bits per heavy atom. The molecule has 0 amide bonds. The fraction of sp³-hybridized carbons (Fsp3) is 0.500. The minimum absolute atomic E-state index is 0.166. The maximum absolute atomic E-state index is 12.0. The Balaban J connectivity index is 2.94. The summed E-state index contributed by atoms with van der Waals surface area (Å²) in [5.74, 6) is 0.263. The van der Waals surface area contributed by atoms with Gasteiger partial charge in [0.25, 0.3) is 0 Å². The molecule has 0 aliphatic carbocycles. The minimum atomic E-state index is -0.698.